The number of rotatable bonds is 5. The monoisotopic (exact) mass is 353 g/mol. The topological polar surface area (TPSA) is 46.6 Å². The summed E-state index contributed by atoms with van der Waals surface area (Å²) in [4.78, 5) is 25.6. The van der Waals surface area contributed by atoms with E-state index in [1.54, 1.807) is 13.0 Å². The molecule has 0 N–H and O–H groups in total. The van der Waals surface area contributed by atoms with Gasteiger partial charge in [-0.15, -0.1) is 0 Å². The molecule has 0 aromatic heterocycles. The Balaban J connectivity index is 1.71. The molecular weight excluding hydrogens is 334 g/mol. The molecule has 25 heavy (non-hydrogen) atoms. The van der Waals surface area contributed by atoms with E-state index in [1.165, 1.54) is 10.5 Å². The number of hydrogen-bond donors (Lipinski definition) is 0. The van der Waals surface area contributed by atoms with Crippen molar-refractivity contribution in [3.63, 3.8) is 0 Å². The lowest BCUT2D eigenvalue weighted by molar-refractivity contribution is -0.122. The molecule has 2 aromatic rings. The highest BCUT2D eigenvalue weighted by atomic mass is 32.2. The van der Waals surface area contributed by atoms with Gasteiger partial charge >= 0.3 is 0 Å². The average molecular weight is 353 g/mol. The van der Waals surface area contributed by atoms with Crippen molar-refractivity contribution in [2.45, 2.75) is 20.5 Å². The molecule has 4 nitrogen and oxygen atoms in total. The predicted molar refractivity (Wildman–Crippen MR) is 100 cm³/mol. The first-order chi connectivity index (χ1) is 12.1. The molecule has 0 atom stereocenters. The SMILES string of the molecule is CCN1C(=O)S/C(=C\c2cccc(OCc3ccc(C)cc3)c2)C1=O. The van der Waals surface area contributed by atoms with E-state index in [2.05, 4.69) is 12.1 Å². The number of carbonyl (C=O) groups is 2. The minimum absolute atomic E-state index is 0.217. The third-order valence-corrected chi connectivity index (χ3v) is 4.78. The maximum atomic E-state index is 12.2. The van der Waals surface area contributed by atoms with Crippen LogP contribution in [0.1, 0.15) is 23.6 Å². The zero-order chi connectivity index (χ0) is 17.8. The number of benzene rings is 2. The second-order valence-electron chi connectivity index (χ2n) is 5.77. The van der Waals surface area contributed by atoms with Gasteiger partial charge in [0.2, 0.25) is 0 Å². The minimum Gasteiger partial charge on any atom is -0.489 e. The van der Waals surface area contributed by atoms with Crippen molar-refractivity contribution in [2.75, 3.05) is 6.54 Å². The fourth-order valence-electron chi connectivity index (χ4n) is 2.47. The van der Waals surface area contributed by atoms with Gasteiger partial charge in [-0.3, -0.25) is 14.5 Å². The largest absolute Gasteiger partial charge is 0.489 e. The number of aryl methyl sites for hydroxylation is 1. The molecular formula is C20H19NO3S. The van der Waals surface area contributed by atoms with Gasteiger partial charge in [0.25, 0.3) is 11.1 Å². The van der Waals surface area contributed by atoms with E-state index >= 15 is 0 Å². The number of thioether (sulfide) groups is 1. The van der Waals surface area contributed by atoms with E-state index in [4.69, 9.17) is 4.74 Å². The number of imide groups is 1. The first-order valence-electron chi connectivity index (χ1n) is 8.10. The summed E-state index contributed by atoms with van der Waals surface area (Å²) in [5.74, 6) is 0.493. The van der Waals surface area contributed by atoms with Crippen LogP contribution in [0.15, 0.2) is 53.4 Å². The Kier molecular flexibility index (Phi) is 5.24. The Morgan fingerprint density at radius 3 is 2.56 bits per heavy atom. The first-order valence-corrected chi connectivity index (χ1v) is 8.92. The summed E-state index contributed by atoms with van der Waals surface area (Å²) >= 11 is 0.976. The molecule has 0 spiro atoms. The van der Waals surface area contributed by atoms with E-state index in [1.807, 2.05) is 43.3 Å². The van der Waals surface area contributed by atoms with Gasteiger partial charge in [-0.05, 0) is 54.9 Å². The van der Waals surface area contributed by atoms with Crippen LogP contribution < -0.4 is 4.74 Å². The Morgan fingerprint density at radius 1 is 1.12 bits per heavy atom. The smallest absolute Gasteiger partial charge is 0.293 e. The van der Waals surface area contributed by atoms with Crippen molar-refractivity contribution < 1.29 is 14.3 Å². The Hall–Kier alpha value is -2.53. The maximum absolute atomic E-state index is 12.2. The number of hydrogen-bond acceptors (Lipinski definition) is 4. The van der Waals surface area contributed by atoms with Crippen molar-refractivity contribution >= 4 is 29.0 Å². The molecule has 2 aromatic carbocycles. The molecule has 0 unspecified atom stereocenters. The zero-order valence-electron chi connectivity index (χ0n) is 14.2. The third kappa shape index (κ3) is 4.12. The molecule has 1 aliphatic rings. The summed E-state index contributed by atoms with van der Waals surface area (Å²) < 4.78 is 5.83. The molecule has 1 fully saturated rings. The van der Waals surface area contributed by atoms with E-state index in [0.29, 0.717) is 18.1 Å². The normalized spacial score (nSPS) is 15.9. The van der Waals surface area contributed by atoms with Gasteiger partial charge in [0.15, 0.2) is 0 Å². The van der Waals surface area contributed by atoms with Gasteiger partial charge < -0.3 is 4.74 Å². The molecule has 0 saturated carbocycles. The average Bonchev–Trinajstić information content (AvgIpc) is 2.88. The van der Waals surface area contributed by atoms with Crippen molar-refractivity contribution in [3.8, 4) is 5.75 Å². The standard InChI is InChI=1S/C20H19NO3S/c1-3-21-19(22)18(25-20(21)23)12-16-5-4-6-17(11-16)24-13-15-9-7-14(2)8-10-15/h4-12H,3,13H2,1-2H3/b18-12-. The molecule has 1 heterocycles. The second-order valence-corrected chi connectivity index (χ2v) is 6.77. The summed E-state index contributed by atoms with van der Waals surface area (Å²) in [5, 5.41) is -0.217. The number of carbonyl (C=O) groups excluding carboxylic acids is 2. The lowest BCUT2D eigenvalue weighted by Crippen LogP contribution is -2.27. The van der Waals surface area contributed by atoms with Crippen LogP contribution in [0, 0.1) is 6.92 Å². The maximum Gasteiger partial charge on any atom is 0.293 e. The lowest BCUT2D eigenvalue weighted by Gasteiger charge is -2.08. The minimum atomic E-state index is -0.233. The molecule has 2 amide bonds. The summed E-state index contributed by atoms with van der Waals surface area (Å²) in [6.45, 7) is 4.71. The molecule has 1 aliphatic heterocycles. The molecule has 5 heteroatoms. The van der Waals surface area contributed by atoms with Crippen molar-refractivity contribution in [2.24, 2.45) is 0 Å². The number of amides is 2. The van der Waals surface area contributed by atoms with Crippen LogP contribution >= 0.6 is 11.8 Å². The Labute approximate surface area is 151 Å². The first kappa shape index (κ1) is 17.3. The number of nitrogens with zero attached hydrogens (tertiary/aromatic N) is 1. The van der Waals surface area contributed by atoms with E-state index in [9.17, 15) is 9.59 Å². The van der Waals surface area contributed by atoms with Gasteiger partial charge in [-0.25, -0.2) is 0 Å². The van der Waals surface area contributed by atoms with Gasteiger partial charge in [0.1, 0.15) is 12.4 Å². The van der Waals surface area contributed by atoms with Crippen molar-refractivity contribution in [3.05, 3.63) is 70.1 Å². The van der Waals surface area contributed by atoms with Crippen LogP contribution in [-0.2, 0) is 11.4 Å². The van der Waals surface area contributed by atoms with Crippen LogP contribution in [0.2, 0.25) is 0 Å². The summed E-state index contributed by atoms with van der Waals surface area (Å²) in [5.41, 5.74) is 3.15. The summed E-state index contributed by atoms with van der Waals surface area (Å²) in [6.07, 6.45) is 1.74. The zero-order valence-corrected chi connectivity index (χ0v) is 15.0. The van der Waals surface area contributed by atoms with Crippen molar-refractivity contribution in [1.82, 2.24) is 4.90 Å². The highest BCUT2D eigenvalue weighted by Crippen LogP contribution is 2.32. The fraction of sp³-hybridized carbons (Fsp3) is 0.200. The third-order valence-electron chi connectivity index (χ3n) is 3.87. The van der Waals surface area contributed by atoms with E-state index < -0.39 is 0 Å². The Bertz CT molecular complexity index is 827. The van der Waals surface area contributed by atoms with Crippen LogP contribution in [0.3, 0.4) is 0 Å². The summed E-state index contributed by atoms with van der Waals surface area (Å²) in [7, 11) is 0. The van der Waals surface area contributed by atoms with Gasteiger partial charge in [-0.1, -0.05) is 42.0 Å². The molecule has 128 valence electrons. The van der Waals surface area contributed by atoms with E-state index in [-0.39, 0.29) is 11.1 Å². The quantitative estimate of drug-likeness (QED) is 0.735. The van der Waals surface area contributed by atoms with Gasteiger partial charge in [0.05, 0.1) is 4.91 Å². The fourth-order valence-corrected chi connectivity index (χ4v) is 3.37. The highest BCUT2D eigenvalue weighted by molar-refractivity contribution is 8.18. The van der Waals surface area contributed by atoms with Crippen molar-refractivity contribution in [1.29, 1.82) is 0 Å². The van der Waals surface area contributed by atoms with Gasteiger partial charge in [-0.2, -0.15) is 0 Å². The molecule has 0 bridgehead atoms. The lowest BCUT2D eigenvalue weighted by atomic mass is 10.1. The number of likely N-dealkylation sites (N-methyl/N-ethyl adjacent to an activating group) is 1. The molecule has 0 aliphatic carbocycles. The predicted octanol–water partition coefficient (Wildman–Crippen LogP) is 4.63. The highest BCUT2D eigenvalue weighted by Gasteiger charge is 2.33. The molecule has 1 saturated heterocycles. The Morgan fingerprint density at radius 2 is 1.88 bits per heavy atom. The second kappa shape index (κ2) is 7.57. The number of ether oxygens (including phenoxy) is 1. The van der Waals surface area contributed by atoms with E-state index in [0.717, 1.165) is 28.6 Å². The molecule has 0 radical (unpaired) electrons. The van der Waals surface area contributed by atoms with Crippen LogP contribution in [-0.4, -0.2) is 22.6 Å². The van der Waals surface area contributed by atoms with Crippen LogP contribution in [0.5, 0.6) is 5.75 Å². The van der Waals surface area contributed by atoms with Crippen LogP contribution in [0.4, 0.5) is 4.79 Å². The molecule has 3 rings (SSSR count). The summed E-state index contributed by atoms with van der Waals surface area (Å²) in [6, 6.07) is 15.7. The van der Waals surface area contributed by atoms with Crippen LogP contribution in [0.25, 0.3) is 6.08 Å². The van der Waals surface area contributed by atoms with Gasteiger partial charge in [0, 0.05) is 6.54 Å².